The van der Waals surface area contributed by atoms with Crippen molar-refractivity contribution >= 4 is 17.3 Å². The third kappa shape index (κ3) is 2.92. The summed E-state index contributed by atoms with van der Waals surface area (Å²) < 4.78 is 5.35. The molecule has 2 rings (SSSR count). The standard InChI is InChI=1S/C13H18ClNO2/c1-17-12-4-6-15(7-5-12)13-3-2-11(14)8-10(13)9-16/h2-3,8,12,16H,4-7,9H2,1H3. The lowest BCUT2D eigenvalue weighted by atomic mass is 10.1. The van der Waals surface area contributed by atoms with Crippen molar-refractivity contribution in [1.82, 2.24) is 0 Å². The maximum Gasteiger partial charge on any atom is 0.0702 e. The van der Waals surface area contributed by atoms with E-state index in [-0.39, 0.29) is 6.61 Å². The molecule has 0 saturated carbocycles. The molecule has 0 aromatic heterocycles. The van der Waals surface area contributed by atoms with Crippen molar-refractivity contribution in [2.75, 3.05) is 25.1 Å². The normalized spacial score (nSPS) is 17.5. The minimum Gasteiger partial charge on any atom is -0.392 e. The number of ether oxygens (including phenoxy) is 1. The number of aliphatic hydroxyl groups excluding tert-OH is 1. The molecule has 3 nitrogen and oxygen atoms in total. The number of aliphatic hydroxyl groups is 1. The molecule has 0 radical (unpaired) electrons. The quantitative estimate of drug-likeness (QED) is 0.901. The van der Waals surface area contributed by atoms with E-state index in [1.165, 1.54) is 0 Å². The summed E-state index contributed by atoms with van der Waals surface area (Å²) in [5.74, 6) is 0. The molecule has 0 spiro atoms. The van der Waals surface area contributed by atoms with E-state index in [4.69, 9.17) is 16.3 Å². The van der Waals surface area contributed by atoms with Gasteiger partial charge in [-0.15, -0.1) is 0 Å². The van der Waals surface area contributed by atoms with Crippen LogP contribution in [0.1, 0.15) is 18.4 Å². The van der Waals surface area contributed by atoms with Gasteiger partial charge in [0.2, 0.25) is 0 Å². The Morgan fingerprint density at radius 2 is 2.12 bits per heavy atom. The lowest BCUT2D eigenvalue weighted by molar-refractivity contribution is 0.0818. The molecule has 0 bridgehead atoms. The average Bonchev–Trinajstić information content (AvgIpc) is 2.39. The van der Waals surface area contributed by atoms with Crippen LogP contribution in [-0.4, -0.2) is 31.4 Å². The second-order valence-corrected chi connectivity index (χ2v) is 4.79. The van der Waals surface area contributed by atoms with Gasteiger partial charge in [-0.25, -0.2) is 0 Å². The number of piperidine rings is 1. The van der Waals surface area contributed by atoms with Crippen LogP contribution in [0.5, 0.6) is 0 Å². The Morgan fingerprint density at radius 3 is 2.71 bits per heavy atom. The maximum absolute atomic E-state index is 9.36. The van der Waals surface area contributed by atoms with Gasteiger partial charge in [-0.2, -0.15) is 0 Å². The highest BCUT2D eigenvalue weighted by atomic mass is 35.5. The van der Waals surface area contributed by atoms with E-state index >= 15 is 0 Å². The van der Waals surface area contributed by atoms with Gasteiger partial charge in [0.15, 0.2) is 0 Å². The Kier molecular flexibility index (Phi) is 4.26. The largest absolute Gasteiger partial charge is 0.392 e. The zero-order chi connectivity index (χ0) is 12.3. The zero-order valence-corrected chi connectivity index (χ0v) is 10.8. The summed E-state index contributed by atoms with van der Waals surface area (Å²) in [4.78, 5) is 2.29. The molecule has 1 saturated heterocycles. The number of methoxy groups -OCH3 is 1. The van der Waals surface area contributed by atoms with Gasteiger partial charge in [-0.3, -0.25) is 0 Å². The molecule has 1 aliphatic heterocycles. The molecule has 1 aliphatic rings. The van der Waals surface area contributed by atoms with Crippen LogP contribution in [0, 0.1) is 0 Å². The summed E-state index contributed by atoms with van der Waals surface area (Å²) in [5.41, 5.74) is 1.99. The van der Waals surface area contributed by atoms with Crippen LogP contribution in [-0.2, 0) is 11.3 Å². The van der Waals surface area contributed by atoms with Gasteiger partial charge in [-0.1, -0.05) is 11.6 Å². The van der Waals surface area contributed by atoms with Crippen LogP contribution in [0.2, 0.25) is 5.02 Å². The smallest absolute Gasteiger partial charge is 0.0702 e. The van der Waals surface area contributed by atoms with Crippen molar-refractivity contribution in [2.45, 2.75) is 25.6 Å². The van der Waals surface area contributed by atoms with Gasteiger partial charge in [-0.05, 0) is 31.0 Å². The second-order valence-electron chi connectivity index (χ2n) is 4.35. The van der Waals surface area contributed by atoms with E-state index in [0.717, 1.165) is 37.2 Å². The fraction of sp³-hybridized carbons (Fsp3) is 0.538. The number of nitrogens with zero attached hydrogens (tertiary/aromatic N) is 1. The molecule has 1 fully saturated rings. The fourth-order valence-corrected chi connectivity index (χ4v) is 2.52. The molecule has 0 unspecified atom stereocenters. The summed E-state index contributed by atoms with van der Waals surface area (Å²) in [7, 11) is 1.77. The molecule has 0 aliphatic carbocycles. The molecule has 17 heavy (non-hydrogen) atoms. The van der Waals surface area contributed by atoms with E-state index < -0.39 is 0 Å². The minimum atomic E-state index is 0.0279. The topological polar surface area (TPSA) is 32.7 Å². The molecular weight excluding hydrogens is 238 g/mol. The van der Waals surface area contributed by atoms with Gasteiger partial charge in [0, 0.05) is 36.5 Å². The first-order chi connectivity index (χ1) is 8.24. The molecule has 94 valence electrons. The van der Waals surface area contributed by atoms with Gasteiger partial charge >= 0.3 is 0 Å². The van der Waals surface area contributed by atoms with Crippen molar-refractivity contribution < 1.29 is 9.84 Å². The molecule has 1 heterocycles. The number of halogens is 1. The van der Waals surface area contributed by atoms with E-state index in [2.05, 4.69) is 4.90 Å². The Morgan fingerprint density at radius 1 is 1.41 bits per heavy atom. The van der Waals surface area contributed by atoms with Gasteiger partial charge in [0.25, 0.3) is 0 Å². The Bertz CT molecular complexity index is 376. The third-order valence-electron chi connectivity index (χ3n) is 3.33. The van der Waals surface area contributed by atoms with Crippen molar-refractivity contribution in [3.05, 3.63) is 28.8 Å². The van der Waals surface area contributed by atoms with Crippen LogP contribution in [0.15, 0.2) is 18.2 Å². The zero-order valence-electron chi connectivity index (χ0n) is 10.0. The molecule has 0 amide bonds. The average molecular weight is 256 g/mol. The van der Waals surface area contributed by atoms with Crippen molar-refractivity contribution in [2.24, 2.45) is 0 Å². The van der Waals surface area contributed by atoms with E-state index in [9.17, 15) is 5.11 Å². The molecule has 1 aromatic carbocycles. The fourth-order valence-electron chi connectivity index (χ4n) is 2.32. The van der Waals surface area contributed by atoms with Gasteiger partial charge in [0.1, 0.15) is 0 Å². The number of anilines is 1. The highest BCUT2D eigenvalue weighted by molar-refractivity contribution is 6.30. The number of benzene rings is 1. The summed E-state index contributed by atoms with van der Waals surface area (Å²) in [5, 5.41) is 10.0. The Hall–Kier alpha value is -0.770. The van der Waals surface area contributed by atoms with Crippen LogP contribution < -0.4 is 4.90 Å². The predicted octanol–water partition coefficient (Wildman–Crippen LogP) is 2.45. The first kappa shape index (κ1) is 12.7. The van der Waals surface area contributed by atoms with Crippen LogP contribution in [0.25, 0.3) is 0 Å². The molecule has 1 aromatic rings. The predicted molar refractivity (Wildman–Crippen MR) is 69.6 cm³/mol. The van der Waals surface area contributed by atoms with Crippen molar-refractivity contribution in [1.29, 1.82) is 0 Å². The highest BCUT2D eigenvalue weighted by Crippen LogP contribution is 2.27. The summed E-state index contributed by atoms with van der Waals surface area (Å²) >= 11 is 5.93. The number of hydrogen-bond acceptors (Lipinski definition) is 3. The van der Waals surface area contributed by atoms with E-state index in [1.807, 2.05) is 18.2 Å². The second kappa shape index (κ2) is 5.71. The summed E-state index contributed by atoms with van der Waals surface area (Å²) in [6.07, 6.45) is 2.43. The van der Waals surface area contributed by atoms with Gasteiger partial charge < -0.3 is 14.7 Å². The summed E-state index contributed by atoms with van der Waals surface area (Å²) in [6.45, 7) is 1.96. The summed E-state index contributed by atoms with van der Waals surface area (Å²) in [6, 6.07) is 5.69. The molecular formula is C13H18ClNO2. The SMILES string of the molecule is COC1CCN(c2ccc(Cl)cc2CO)CC1. The third-order valence-corrected chi connectivity index (χ3v) is 3.56. The number of hydrogen-bond donors (Lipinski definition) is 1. The van der Waals surface area contributed by atoms with Gasteiger partial charge in [0.05, 0.1) is 12.7 Å². The molecule has 0 atom stereocenters. The highest BCUT2D eigenvalue weighted by Gasteiger charge is 2.20. The Balaban J connectivity index is 2.12. The van der Waals surface area contributed by atoms with E-state index in [1.54, 1.807) is 7.11 Å². The minimum absolute atomic E-state index is 0.0279. The maximum atomic E-state index is 9.36. The monoisotopic (exact) mass is 255 g/mol. The first-order valence-corrected chi connectivity index (χ1v) is 6.29. The first-order valence-electron chi connectivity index (χ1n) is 5.91. The lowest BCUT2D eigenvalue weighted by Crippen LogP contribution is -2.37. The van der Waals surface area contributed by atoms with Crippen LogP contribution in [0.4, 0.5) is 5.69 Å². The Labute approximate surface area is 107 Å². The van der Waals surface area contributed by atoms with Crippen molar-refractivity contribution in [3.8, 4) is 0 Å². The van der Waals surface area contributed by atoms with Crippen LogP contribution in [0.3, 0.4) is 0 Å². The molecule has 4 heteroatoms. The number of rotatable bonds is 3. The van der Waals surface area contributed by atoms with E-state index in [0.29, 0.717) is 11.1 Å². The van der Waals surface area contributed by atoms with Crippen molar-refractivity contribution in [3.63, 3.8) is 0 Å². The van der Waals surface area contributed by atoms with Crippen LogP contribution >= 0.6 is 11.6 Å². The molecule has 1 N–H and O–H groups in total. The lowest BCUT2D eigenvalue weighted by Gasteiger charge is -2.34.